The number of esters is 1. The van der Waals surface area contributed by atoms with Gasteiger partial charge in [0.15, 0.2) is 0 Å². The van der Waals surface area contributed by atoms with E-state index in [1.807, 2.05) is 12.1 Å². The molecule has 0 spiro atoms. The Morgan fingerprint density at radius 2 is 2.20 bits per heavy atom. The first-order valence-corrected chi connectivity index (χ1v) is 8.17. The first kappa shape index (κ1) is 15.5. The van der Waals surface area contributed by atoms with Gasteiger partial charge in [-0.25, -0.2) is 4.79 Å². The van der Waals surface area contributed by atoms with Crippen molar-refractivity contribution in [3.8, 4) is 0 Å². The second-order valence-electron chi connectivity index (χ2n) is 4.96. The molecule has 0 saturated carbocycles. The largest absolute Gasteiger partial charge is 0.460 e. The third-order valence-electron chi connectivity index (χ3n) is 3.38. The number of unbranched alkanes of at least 4 members (excludes halogenated alkanes) is 1. The normalized spacial score (nSPS) is 16.2. The Hall–Kier alpha value is -0.910. The van der Waals surface area contributed by atoms with Crippen LogP contribution in [0.15, 0.2) is 12.1 Å². The van der Waals surface area contributed by atoms with Crippen molar-refractivity contribution in [3.63, 3.8) is 0 Å². The summed E-state index contributed by atoms with van der Waals surface area (Å²) in [7, 11) is 0. The van der Waals surface area contributed by atoms with Crippen LogP contribution < -0.4 is 0 Å². The molecule has 1 aromatic rings. The molecule has 0 unspecified atom stereocenters. The molecule has 1 aliphatic rings. The summed E-state index contributed by atoms with van der Waals surface area (Å²) in [6, 6.07) is 3.92. The van der Waals surface area contributed by atoms with Gasteiger partial charge in [-0.05, 0) is 25.0 Å². The summed E-state index contributed by atoms with van der Waals surface area (Å²) < 4.78 is 10.6. The van der Waals surface area contributed by atoms with Gasteiger partial charge in [-0.15, -0.1) is 11.3 Å². The van der Waals surface area contributed by atoms with Crippen molar-refractivity contribution >= 4 is 17.3 Å². The lowest BCUT2D eigenvalue weighted by atomic mass is 10.2. The van der Waals surface area contributed by atoms with E-state index in [0.717, 1.165) is 44.1 Å². The number of carbonyl (C=O) groups is 1. The molecule has 5 heteroatoms. The maximum atomic E-state index is 11.9. The number of hydrogen-bond acceptors (Lipinski definition) is 5. The lowest BCUT2D eigenvalue weighted by Gasteiger charge is -2.26. The van der Waals surface area contributed by atoms with E-state index in [2.05, 4.69) is 11.8 Å². The van der Waals surface area contributed by atoms with Crippen LogP contribution in [-0.4, -0.2) is 50.3 Å². The maximum Gasteiger partial charge on any atom is 0.348 e. The van der Waals surface area contributed by atoms with Gasteiger partial charge in [-0.2, -0.15) is 0 Å². The van der Waals surface area contributed by atoms with E-state index in [0.29, 0.717) is 6.61 Å². The Morgan fingerprint density at radius 1 is 1.40 bits per heavy atom. The highest BCUT2D eigenvalue weighted by atomic mass is 32.1. The summed E-state index contributed by atoms with van der Waals surface area (Å²) in [5.41, 5.74) is 0. The van der Waals surface area contributed by atoms with Gasteiger partial charge >= 0.3 is 5.97 Å². The second kappa shape index (κ2) is 8.39. The molecule has 20 heavy (non-hydrogen) atoms. The average molecular weight is 297 g/mol. The average Bonchev–Trinajstić information content (AvgIpc) is 2.95. The molecule has 0 amide bonds. The molecular formula is C15H23NO3S. The van der Waals surface area contributed by atoms with Gasteiger partial charge in [-0.3, -0.25) is 4.90 Å². The van der Waals surface area contributed by atoms with Gasteiger partial charge in [0.2, 0.25) is 0 Å². The number of rotatable bonds is 7. The number of hydrogen-bond donors (Lipinski definition) is 0. The zero-order chi connectivity index (χ0) is 14.2. The summed E-state index contributed by atoms with van der Waals surface area (Å²) in [6.07, 6.45) is 3.41. The van der Waals surface area contributed by atoms with Crippen LogP contribution in [0.5, 0.6) is 0 Å². The highest BCUT2D eigenvalue weighted by Crippen LogP contribution is 2.19. The smallest absolute Gasteiger partial charge is 0.348 e. The van der Waals surface area contributed by atoms with Crippen LogP contribution in [0.4, 0.5) is 0 Å². The summed E-state index contributed by atoms with van der Waals surface area (Å²) in [4.78, 5) is 16.2. The highest BCUT2D eigenvalue weighted by molar-refractivity contribution is 7.13. The topological polar surface area (TPSA) is 38.8 Å². The minimum absolute atomic E-state index is 0.189. The van der Waals surface area contributed by atoms with E-state index in [1.165, 1.54) is 17.7 Å². The first-order valence-electron chi connectivity index (χ1n) is 7.35. The maximum absolute atomic E-state index is 11.9. The number of thiophene rings is 1. The molecule has 0 aliphatic carbocycles. The number of ether oxygens (including phenoxy) is 2. The van der Waals surface area contributed by atoms with Gasteiger partial charge in [0.05, 0.1) is 13.2 Å². The van der Waals surface area contributed by atoms with E-state index in [4.69, 9.17) is 9.47 Å². The molecule has 1 aliphatic heterocycles. The number of carbonyl (C=O) groups excluding carboxylic acids is 1. The lowest BCUT2D eigenvalue weighted by molar-refractivity contribution is 0.0197. The summed E-state index contributed by atoms with van der Waals surface area (Å²) in [5.74, 6) is -0.189. The molecule has 0 aromatic carbocycles. The molecule has 1 aromatic heterocycles. The molecule has 0 bridgehead atoms. The molecule has 4 nitrogen and oxygen atoms in total. The van der Waals surface area contributed by atoms with Crippen molar-refractivity contribution in [1.29, 1.82) is 0 Å². The van der Waals surface area contributed by atoms with E-state index in [-0.39, 0.29) is 5.97 Å². The zero-order valence-corrected chi connectivity index (χ0v) is 12.9. The van der Waals surface area contributed by atoms with Crippen LogP contribution in [0.3, 0.4) is 0 Å². The van der Waals surface area contributed by atoms with E-state index in [9.17, 15) is 4.79 Å². The third-order valence-corrected chi connectivity index (χ3v) is 4.51. The van der Waals surface area contributed by atoms with Gasteiger partial charge in [0, 0.05) is 24.5 Å². The Balaban J connectivity index is 1.69. The first-order chi connectivity index (χ1) is 9.79. The van der Waals surface area contributed by atoms with Crippen LogP contribution in [0.1, 0.15) is 34.3 Å². The number of morpholine rings is 1. The Labute approximate surface area is 124 Å². The minimum Gasteiger partial charge on any atom is -0.460 e. The van der Waals surface area contributed by atoms with Crippen molar-refractivity contribution in [2.45, 2.75) is 26.2 Å². The monoisotopic (exact) mass is 297 g/mol. The molecule has 0 radical (unpaired) electrons. The molecule has 1 fully saturated rings. The summed E-state index contributed by atoms with van der Waals surface area (Å²) in [5, 5.41) is 0. The molecule has 2 rings (SSSR count). The van der Waals surface area contributed by atoms with Crippen LogP contribution in [-0.2, 0) is 15.9 Å². The van der Waals surface area contributed by atoms with Gasteiger partial charge < -0.3 is 9.47 Å². The van der Waals surface area contributed by atoms with Gasteiger partial charge in [0.25, 0.3) is 0 Å². The fourth-order valence-corrected chi connectivity index (χ4v) is 3.08. The molecule has 2 heterocycles. The highest BCUT2D eigenvalue weighted by Gasteiger charge is 2.13. The lowest BCUT2D eigenvalue weighted by Crippen LogP contribution is -2.38. The zero-order valence-electron chi connectivity index (χ0n) is 12.1. The molecule has 0 atom stereocenters. The molecule has 0 N–H and O–H groups in total. The summed E-state index contributed by atoms with van der Waals surface area (Å²) >= 11 is 1.56. The van der Waals surface area contributed by atoms with Crippen molar-refractivity contribution in [1.82, 2.24) is 4.90 Å². The van der Waals surface area contributed by atoms with E-state index >= 15 is 0 Å². The molecular weight excluding hydrogens is 274 g/mol. The number of nitrogens with zero attached hydrogens (tertiary/aromatic N) is 1. The standard InChI is InChI=1S/C15H23NO3S/c1-2-3-4-13-5-6-14(20-13)15(17)19-12-9-16-7-10-18-11-8-16/h5-6H,2-4,7-12H2,1H3. The van der Waals surface area contributed by atoms with Crippen LogP contribution in [0.25, 0.3) is 0 Å². The SMILES string of the molecule is CCCCc1ccc(C(=O)OCCN2CCOCC2)s1. The molecule has 1 saturated heterocycles. The van der Waals surface area contributed by atoms with Crippen LogP contribution in [0.2, 0.25) is 0 Å². The Bertz CT molecular complexity index is 413. The third kappa shape index (κ3) is 4.89. The fourth-order valence-electron chi connectivity index (χ4n) is 2.14. The van der Waals surface area contributed by atoms with Crippen molar-refractivity contribution in [3.05, 3.63) is 21.9 Å². The summed E-state index contributed by atoms with van der Waals surface area (Å²) in [6.45, 7) is 6.84. The Kier molecular flexibility index (Phi) is 6.50. The fraction of sp³-hybridized carbons (Fsp3) is 0.667. The second-order valence-corrected chi connectivity index (χ2v) is 6.13. The van der Waals surface area contributed by atoms with Crippen molar-refractivity contribution in [2.75, 3.05) is 39.5 Å². The predicted molar refractivity (Wildman–Crippen MR) is 80.5 cm³/mol. The minimum atomic E-state index is -0.189. The quantitative estimate of drug-likeness (QED) is 0.725. The van der Waals surface area contributed by atoms with Gasteiger partial charge in [0.1, 0.15) is 11.5 Å². The Morgan fingerprint density at radius 3 is 2.95 bits per heavy atom. The van der Waals surface area contributed by atoms with Crippen LogP contribution >= 0.6 is 11.3 Å². The predicted octanol–water partition coefficient (Wildman–Crippen LogP) is 2.58. The van der Waals surface area contributed by atoms with E-state index < -0.39 is 0 Å². The number of aryl methyl sites for hydroxylation is 1. The molecule has 112 valence electrons. The van der Waals surface area contributed by atoms with Crippen molar-refractivity contribution < 1.29 is 14.3 Å². The van der Waals surface area contributed by atoms with E-state index in [1.54, 1.807) is 11.3 Å². The van der Waals surface area contributed by atoms with Crippen LogP contribution in [0, 0.1) is 0 Å². The van der Waals surface area contributed by atoms with Crippen molar-refractivity contribution in [2.24, 2.45) is 0 Å². The van der Waals surface area contributed by atoms with Gasteiger partial charge in [-0.1, -0.05) is 13.3 Å².